The number of nitrogens with zero attached hydrogens (tertiary/aromatic N) is 1. The Morgan fingerprint density at radius 1 is 1.47 bits per heavy atom. The Morgan fingerprint density at radius 2 is 2.35 bits per heavy atom. The second-order valence-electron chi connectivity index (χ2n) is 3.48. The van der Waals surface area contributed by atoms with Crippen LogP contribution < -0.4 is 5.32 Å². The smallest absolute Gasteiger partial charge is 0.337 e. The molecule has 0 saturated heterocycles. The van der Waals surface area contributed by atoms with Crippen molar-refractivity contribution in [1.82, 2.24) is 4.98 Å². The van der Waals surface area contributed by atoms with Gasteiger partial charge < -0.3 is 14.8 Å². The number of aromatic nitrogens is 1. The Labute approximate surface area is 98.1 Å². The Morgan fingerprint density at radius 3 is 3.06 bits per heavy atom. The van der Waals surface area contributed by atoms with Crippen LogP contribution >= 0.6 is 0 Å². The van der Waals surface area contributed by atoms with Gasteiger partial charge in [0.2, 0.25) is 0 Å². The third-order valence-corrected chi connectivity index (χ3v) is 2.32. The number of carboxylic acid groups (broad SMARTS) is 1. The van der Waals surface area contributed by atoms with Crippen LogP contribution in [0.15, 0.2) is 41.3 Å². The molecule has 5 heteroatoms. The number of carboxylic acids is 1. The third-order valence-electron chi connectivity index (χ3n) is 2.32. The molecule has 0 atom stereocenters. The summed E-state index contributed by atoms with van der Waals surface area (Å²) in [5.41, 5.74) is 0.742. The molecular weight excluding hydrogens is 220 g/mol. The number of furan rings is 1. The normalized spacial score (nSPS) is 10.1. The Kier molecular flexibility index (Phi) is 3.40. The van der Waals surface area contributed by atoms with Crippen LogP contribution in [0, 0.1) is 0 Å². The largest absolute Gasteiger partial charge is 0.478 e. The van der Waals surface area contributed by atoms with E-state index in [0.29, 0.717) is 18.7 Å². The zero-order valence-corrected chi connectivity index (χ0v) is 9.09. The number of anilines is 1. The highest BCUT2D eigenvalue weighted by atomic mass is 16.4. The fourth-order valence-electron chi connectivity index (χ4n) is 1.50. The van der Waals surface area contributed by atoms with Gasteiger partial charge in [0.05, 0.1) is 23.7 Å². The standard InChI is InChI=1S/C12H12N2O3/c15-12(16)10-4-5-13-8-11(10)14-6-3-9-2-1-7-17-9/h1-2,4-5,7-8,14H,3,6H2,(H,15,16). The van der Waals surface area contributed by atoms with Crippen LogP contribution in [0.4, 0.5) is 5.69 Å². The van der Waals surface area contributed by atoms with Crippen molar-refractivity contribution in [1.29, 1.82) is 0 Å². The average molecular weight is 232 g/mol. The fourth-order valence-corrected chi connectivity index (χ4v) is 1.50. The number of rotatable bonds is 5. The van der Waals surface area contributed by atoms with Gasteiger partial charge in [-0.05, 0) is 18.2 Å². The Bertz CT molecular complexity index is 494. The summed E-state index contributed by atoms with van der Waals surface area (Å²) in [5, 5.41) is 12.0. The second-order valence-corrected chi connectivity index (χ2v) is 3.48. The minimum absolute atomic E-state index is 0.222. The third kappa shape index (κ3) is 2.84. The summed E-state index contributed by atoms with van der Waals surface area (Å²) < 4.78 is 5.18. The molecule has 0 saturated carbocycles. The minimum atomic E-state index is -0.965. The number of carbonyl (C=O) groups is 1. The molecule has 2 N–H and O–H groups in total. The van der Waals surface area contributed by atoms with E-state index in [1.54, 1.807) is 6.26 Å². The van der Waals surface area contributed by atoms with E-state index in [9.17, 15) is 4.79 Å². The van der Waals surface area contributed by atoms with Crippen molar-refractivity contribution < 1.29 is 14.3 Å². The monoisotopic (exact) mass is 232 g/mol. The maximum atomic E-state index is 10.9. The molecule has 0 amide bonds. The quantitative estimate of drug-likeness (QED) is 0.824. The van der Waals surface area contributed by atoms with Gasteiger partial charge in [0.25, 0.3) is 0 Å². The summed E-state index contributed by atoms with van der Waals surface area (Å²) in [7, 11) is 0. The lowest BCUT2D eigenvalue weighted by Gasteiger charge is -2.07. The maximum absolute atomic E-state index is 10.9. The molecule has 0 spiro atoms. The lowest BCUT2D eigenvalue weighted by molar-refractivity contribution is 0.0698. The Balaban J connectivity index is 1.97. The molecule has 0 aliphatic heterocycles. The van der Waals surface area contributed by atoms with Gasteiger partial charge in [-0.25, -0.2) is 4.79 Å². The number of nitrogens with one attached hydrogen (secondary N) is 1. The highest BCUT2D eigenvalue weighted by molar-refractivity contribution is 5.93. The first kappa shape index (κ1) is 11.2. The minimum Gasteiger partial charge on any atom is -0.478 e. The molecule has 2 heterocycles. The highest BCUT2D eigenvalue weighted by Gasteiger charge is 2.08. The summed E-state index contributed by atoms with van der Waals surface area (Å²) >= 11 is 0. The summed E-state index contributed by atoms with van der Waals surface area (Å²) in [5.74, 6) is -0.105. The van der Waals surface area contributed by atoms with E-state index in [-0.39, 0.29) is 5.56 Å². The molecule has 0 bridgehead atoms. The molecule has 5 nitrogen and oxygen atoms in total. The molecule has 2 rings (SSSR count). The molecule has 17 heavy (non-hydrogen) atoms. The van der Waals surface area contributed by atoms with Crippen molar-refractivity contribution in [2.75, 3.05) is 11.9 Å². The lowest BCUT2D eigenvalue weighted by Crippen LogP contribution is -2.09. The molecule has 0 aromatic carbocycles. The van der Waals surface area contributed by atoms with E-state index >= 15 is 0 Å². The number of hydrogen-bond donors (Lipinski definition) is 2. The van der Waals surface area contributed by atoms with Crippen molar-refractivity contribution in [3.05, 3.63) is 48.2 Å². The molecule has 0 radical (unpaired) electrons. The van der Waals surface area contributed by atoms with E-state index in [0.717, 1.165) is 5.76 Å². The number of aromatic carboxylic acids is 1. The van der Waals surface area contributed by atoms with Crippen LogP contribution in [-0.4, -0.2) is 22.6 Å². The first-order chi connectivity index (χ1) is 8.27. The maximum Gasteiger partial charge on any atom is 0.337 e. The summed E-state index contributed by atoms with van der Waals surface area (Å²) in [4.78, 5) is 14.8. The van der Waals surface area contributed by atoms with E-state index < -0.39 is 5.97 Å². The Hall–Kier alpha value is -2.30. The van der Waals surface area contributed by atoms with Crippen LogP contribution in [0.1, 0.15) is 16.1 Å². The molecule has 88 valence electrons. The van der Waals surface area contributed by atoms with Crippen LogP contribution in [0.2, 0.25) is 0 Å². The molecular formula is C12H12N2O3. The topological polar surface area (TPSA) is 75.4 Å². The zero-order chi connectivity index (χ0) is 12.1. The van der Waals surface area contributed by atoms with Crippen LogP contribution in [0.25, 0.3) is 0 Å². The number of pyridine rings is 1. The second kappa shape index (κ2) is 5.16. The molecule has 2 aromatic rings. The van der Waals surface area contributed by atoms with Crippen molar-refractivity contribution in [3.63, 3.8) is 0 Å². The molecule has 2 aromatic heterocycles. The van der Waals surface area contributed by atoms with Crippen molar-refractivity contribution in [2.24, 2.45) is 0 Å². The van der Waals surface area contributed by atoms with Crippen molar-refractivity contribution in [3.8, 4) is 0 Å². The summed E-state index contributed by atoms with van der Waals surface area (Å²) in [6, 6.07) is 5.17. The molecule has 0 aliphatic carbocycles. The summed E-state index contributed by atoms with van der Waals surface area (Å²) in [6.07, 6.45) is 5.27. The van der Waals surface area contributed by atoms with Gasteiger partial charge in [-0.3, -0.25) is 4.98 Å². The van der Waals surface area contributed by atoms with Gasteiger partial charge >= 0.3 is 5.97 Å². The lowest BCUT2D eigenvalue weighted by atomic mass is 10.2. The van der Waals surface area contributed by atoms with E-state index in [1.807, 2.05) is 12.1 Å². The fraction of sp³-hybridized carbons (Fsp3) is 0.167. The van der Waals surface area contributed by atoms with Crippen LogP contribution in [0.5, 0.6) is 0 Å². The highest BCUT2D eigenvalue weighted by Crippen LogP contribution is 2.13. The first-order valence-electron chi connectivity index (χ1n) is 5.21. The van der Waals surface area contributed by atoms with Crippen molar-refractivity contribution in [2.45, 2.75) is 6.42 Å². The van der Waals surface area contributed by atoms with Crippen LogP contribution in [0.3, 0.4) is 0 Å². The van der Waals surface area contributed by atoms with Gasteiger partial charge in [-0.2, -0.15) is 0 Å². The molecule has 0 fully saturated rings. The van der Waals surface area contributed by atoms with E-state index in [4.69, 9.17) is 9.52 Å². The predicted octanol–water partition coefficient (Wildman–Crippen LogP) is 2.03. The van der Waals surface area contributed by atoms with Gasteiger partial charge in [-0.15, -0.1) is 0 Å². The van der Waals surface area contributed by atoms with Crippen LogP contribution in [-0.2, 0) is 6.42 Å². The summed E-state index contributed by atoms with van der Waals surface area (Å²) in [6.45, 7) is 0.597. The molecule has 0 aliphatic rings. The van der Waals surface area contributed by atoms with Gasteiger partial charge in [0.15, 0.2) is 0 Å². The van der Waals surface area contributed by atoms with Gasteiger partial charge in [-0.1, -0.05) is 0 Å². The van der Waals surface area contributed by atoms with E-state index in [2.05, 4.69) is 10.3 Å². The first-order valence-corrected chi connectivity index (χ1v) is 5.21. The van der Waals surface area contributed by atoms with Gasteiger partial charge in [0.1, 0.15) is 5.76 Å². The van der Waals surface area contributed by atoms with E-state index in [1.165, 1.54) is 18.5 Å². The SMILES string of the molecule is O=C(O)c1ccncc1NCCc1ccco1. The average Bonchev–Trinajstić information content (AvgIpc) is 2.82. The zero-order valence-electron chi connectivity index (χ0n) is 9.09. The van der Waals surface area contributed by atoms with Gasteiger partial charge in [0, 0.05) is 19.2 Å². The molecule has 0 unspecified atom stereocenters. The number of hydrogen-bond acceptors (Lipinski definition) is 4. The van der Waals surface area contributed by atoms with Crippen molar-refractivity contribution >= 4 is 11.7 Å². The predicted molar refractivity (Wildman–Crippen MR) is 62.1 cm³/mol.